The van der Waals surface area contributed by atoms with Gasteiger partial charge >= 0.3 is 12.1 Å². The number of carbonyl (C=O) groups excluding carboxylic acids is 2. The summed E-state index contributed by atoms with van der Waals surface area (Å²) in [4.78, 5) is 23.4. The summed E-state index contributed by atoms with van der Waals surface area (Å²) in [7, 11) is 1.61. The summed E-state index contributed by atoms with van der Waals surface area (Å²) in [6.45, 7) is 6.91. The van der Waals surface area contributed by atoms with Crippen LogP contribution in [0.5, 0.6) is 5.75 Å². The van der Waals surface area contributed by atoms with E-state index in [-0.39, 0.29) is 6.61 Å². The van der Waals surface area contributed by atoms with Gasteiger partial charge in [0.05, 0.1) is 7.11 Å². The second-order valence-corrected chi connectivity index (χ2v) is 6.17. The highest BCUT2D eigenvalue weighted by Crippen LogP contribution is 2.12. The van der Waals surface area contributed by atoms with Crippen LogP contribution in [0.15, 0.2) is 30.3 Å². The molecule has 1 amide bonds. The second-order valence-electron chi connectivity index (χ2n) is 6.17. The van der Waals surface area contributed by atoms with Crippen molar-refractivity contribution >= 4 is 18.1 Å². The van der Waals surface area contributed by atoms with Crippen LogP contribution in [0, 0.1) is 0 Å². The molecule has 0 saturated heterocycles. The standard InChI is InChI=1S/C18H25NO5/c1-13(19-17(21)24-18(2,3)4)16(20)23-12-6-7-14-8-10-15(22-5)11-9-14/h6-11,13H,12H2,1-5H3,(H,19,21)/b7-6+/t13-/m0/s1. The predicted octanol–water partition coefficient (Wildman–Crippen LogP) is 3.16. The average Bonchev–Trinajstić information content (AvgIpc) is 2.49. The topological polar surface area (TPSA) is 73.9 Å². The summed E-state index contributed by atoms with van der Waals surface area (Å²) in [5, 5.41) is 2.43. The number of hydrogen-bond donors (Lipinski definition) is 1. The Morgan fingerprint density at radius 1 is 1.21 bits per heavy atom. The van der Waals surface area contributed by atoms with E-state index < -0.39 is 23.7 Å². The molecule has 1 aromatic carbocycles. The molecule has 1 aromatic rings. The Labute approximate surface area is 142 Å². The third kappa shape index (κ3) is 7.67. The molecule has 0 spiro atoms. The quantitative estimate of drug-likeness (QED) is 0.808. The molecular weight excluding hydrogens is 310 g/mol. The highest BCUT2D eigenvalue weighted by Gasteiger charge is 2.21. The van der Waals surface area contributed by atoms with Gasteiger partial charge in [0, 0.05) is 0 Å². The first-order valence-corrected chi connectivity index (χ1v) is 7.68. The van der Waals surface area contributed by atoms with Crippen LogP contribution in [-0.4, -0.2) is 37.4 Å². The third-order valence-corrected chi connectivity index (χ3v) is 2.83. The van der Waals surface area contributed by atoms with Crippen molar-refractivity contribution in [2.45, 2.75) is 39.3 Å². The first-order valence-electron chi connectivity index (χ1n) is 7.68. The lowest BCUT2D eigenvalue weighted by molar-refractivity contribution is -0.144. The SMILES string of the molecule is COc1ccc(/C=C/COC(=O)[C@H](C)NC(=O)OC(C)(C)C)cc1. The van der Waals surface area contributed by atoms with Crippen molar-refractivity contribution in [3.05, 3.63) is 35.9 Å². The predicted molar refractivity (Wildman–Crippen MR) is 91.8 cm³/mol. The molecule has 1 N–H and O–H groups in total. The molecule has 0 saturated carbocycles. The van der Waals surface area contributed by atoms with Crippen molar-refractivity contribution in [1.82, 2.24) is 5.32 Å². The van der Waals surface area contributed by atoms with Gasteiger partial charge in [-0.15, -0.1) is 0 Å². The number of benzene rings is 1. The van der Waals surface area contributed by atoms with Crippen LogP contribution in [0.2, 0.25) is 0 Å². The summed E-state index contributed by atoms with van der Waals surface area (Å²) in [6.07, 6.45) is 2.90. The number of esters is 1. The van der Waals surface area contributed by atoms with E-state index in [9.17, 15) is 9.59 Å². The van der Waals surface area contributed by atoms with Gasteiger partial charge in [0.15, 0.2) is 0 Å². The van der Waals surface area contributed by atoms with Gasteiger partial charge in [0.25, 0.3) is 0 Å². The molecule has 0 bridgehead atoms. The lowest BCUT2D eigenvalue weighted by atomic mass is 10.2. The number of alkyl carbamates (subject to hydrolysis) is 1. The molecule has 1 rings (SSSR count). The van der Waals surface area contributed by atoms with Gasteiger partial charge in [-0.05, 0) is 51.5 Å². The van der Waals surface area contributed by atoms with Crippen LogP contribution in [0.25, 0.3) is 6.08 Å². The number of nitrogens with one attached hydrogen (secondary N) is 1. The van der Waals surface area contributed by atoms with E-state index in [1.54, 1.807) is 40.9 Å². The summed E-state index contributed by atoms with van der Waals surface area (Å²) in [5.74, 6) is 0.251. The summed E-state index contributed by atoms with van der Waals surface area (Å²) >= 11 is 0. The minimum absolute atomic E-state index is 0.116. The summed E-state index contributed by atoms with van der Waals surface area (Å²) in [5.41, 5.74) is 0.348. The molecule has 0 aliphatic carbocycles. The van der Waals surface area contributed by atoms with Gasteiger partial charge in [-0.25, -0.2) is 9.59 Å². The Morgan fingerprint density at radius 2 is 1.83 bits per heavy atom. The fourth-order valence-corrected chi connectivity index (χ4v) is 1.70. The molecule has 132 valence electrons. The zero-order valence-electron chi connectivity index (χ0n) is 14.8. The molecule has 0 radical (unpaired) electrons. The number of rotatable bonds is 6. The van der Waals surface area contributed by atoms with Crippen LogP contribution >= 0.6 is 0 Å². The molecule has 0 heterocycles. The first-order chi connectivity index (χ1) is 11.2. The third-order valence-electron chi connectivity index (χ3n) is 2.83. The fraction of sp³-hybridized carbons (Fsp3) is 0.444. The Bertz CT molecular complexity index is 572. The minimum Gasteiger partial charge on any atom is -0.497 e. The zero-order chi connectivity index (χ0) is 18.2. The molecule has 0 unspecified atom stereocenters. The summed E-state index contributed by atoms with van der Waals surface area (Å²) < 4.78 is 15.2. The van der Waals surface area contributed by atoms with Crippen LogP contribution in [0.4, 0.5) is 4.79 Å². The van der Waals surface area contributed by atoms with Gasteiger partial charge in [-0.1, -0.05) is 18.2 Å². The molecule has 0 aliphatic heterocycles. The molecule has 6 nitrogen and oxygen atoms in total. The van der Waals surface area contributed by atoms with Gasteiger partial charge in [-0.3, -0.25) is 0 Å². The van der Waals surface area contributed by atoms with Crippen LogP contribution < -0.4 is 10.1 Å². The first kappa shape index (κ1) is 19.5. The number of methoxy groups -OCH3 is 1. The van der Waals surface area contributed by atoms with Crippen molar-refractivity contribution < 1.29 is 23.8 Å². The maximum Gasteiger partial charge on any atom is 0.408 e. The molecule has 6 heteroatoms. The number of ether oxygens (including phenoxy) is 3. The maximum absolute atomic E-state index is 11.8. The molecule has 1 atom stereocenters. The molecular formula is C18H25NO5. The van der Waals surface area contributed by atoms with Gasteiger partial charge < -0.3 is 19.5 Å². The van der Waals surface area contributed by atoms with Gasteiger partial charge in [0.2, 0.25) is 0 Å². The van der Waals surface area contributed by atoms with Crippen LogP contribution in [0.3, 0.4) is 0 Å². The lowest BCUT2D eigenvalue weighted by Crippen LogP contribution is -2.42. The highest BCUT2D eigenvalue weighted by molar-refractivity contribution is 5.81. The normalized spacial score (nSPS) is 12.5. The summed E-state index contributed by atoms with van der Waals surface area (Å²) in [6, 6.07) is 6.69. The number of amides is 1. The van der Waals surface area contributed by atoms with Gasteiger partial charge in [-0.2, -0.15) is 0 Å². The van der Waals surface area contributed by atoms with Crippen LogP contribution in [0.1, 0.15) is 33.3 Å². The fourth-order valence-electron chi connectivity index (χ4n) is 1.70. The Balaban J connectivity index is 2.36. The molecule has 0 aliphatic rings. The van der Waals surface area contributed by atoms with E-state index in [2.05, 4.69) is 5.32 Å². The van der Waals surface area contributed by atoms with E-state index >= 15 is 0 Å². The van der Waals surface area contributed by atoms with Crippen LogP contribution in [-0.2, 0) is 14.3 Å². The van der Waals surface area contributed by atoms with Crippen molar-refractivity contribution in [3.63, 3.8) is 0 Å². The van der Waals surface area contributed by atoms with E-state index in [1.165, 1.54) is 0 Å². The number of hydrogen-bond acceptors (Lipinski definition) is 5. The van der Waals surface area contributed by atoms with E-state index in [4.69, 9.17) is 14.2 Å². The molecule has 24 heavy (non-hydrogen) atoms. The van der Waals surface area contributed by atoms with Crippen molar-refractivity contribution in [2.24, 2.45) is 0 Å². The van der Waals surface area contributed by atoms with E-state index in [0.717, 1.165) is 11.3 Å². The van der Waals surface area contributed by atoms with Crippen molar-refractivity contribution in [2.75, 3.05) is 13.7 Å². The molecule has 0 aromatic heterocycles. The average molecular weight is 335 g/mol. The number of carbonyl (C=O) groups is 2. The molecule has 0 fully saturated rings. The lowest BCUT2D eigenvalue weighted by Gasteiger charge is -2.21. The second kappa shape index (κ2) is 8.96. The van der Waals surface area contributed by atoms with Gasteiger partial charge in [0.1, 0.15) is 24.0 Å². The van der Waals surface area contributed by atoms with Crippen molar-refractivity contribution in [3.8, 4) is 5.75 Å². The zero-order valence-corrected chi connectivity index (χ0v) is 14.8. The minimum atomic E-state index is -0.783. The Hall–Kier alpha value is -2.50. The van der Waals surface area contributed by atoms with E-state index in [0.29, 0.717) is 0 Å². The Morgan fingerprint density at radius 3 is 2.38 bits per heavy atom. The van der Waals surface area contributed by atoms with E-state index in [1.807, 2.05) is 30.3 Å². The maximum atomic E-state index is 11.8. The monoisotopic (exact) mass is 335 g/mol. The van der Waals surface area contributed by atoms with Crippen molar-refractivity contribution in [1.29, 1.82) is 0 Å². The largest absolute Gasteiger partial charge is 0.497 e. The highest BCUT2D eigenvalue weighted by atomic mass is 16.6. The smallest absolute Gasteiger partial charge is 0.408 e. The Kier molecular flexibility index (Phi) is 7.30.